The van der Waals surface area contributed by atoms with Gasteiger partial charge >= 0.3 is 5.97 Å². The summed E-state index contributed by atoms with van der Waals surface area (Å²) in [5, 5.41) is 9.40. The minimum atomic E-state index is -0.896. The summed E-state index contributed by atoms with van der Waals surface area (Å²) in [6.45, 7) is 0.281. The number of carboxylic acid groups (broad SMARTS) is 1. The van der Waals surface area contributed by atoms with Crippen molar-refractivity contribution < 1.29 is 14.7 Å². The van der Waals surface area contributed by atoms with Crippen LogP contribution in [0.3, 0.4) is 0 Å². The molecule has 152 valence electrons. The van der Waals surface area contributed by atoms with E-state index in [-0.39, 0.29) is 18.9 Å². The Labute approximate surface area is 187 Å². The van der Waals surface area contributed by atoms with Gasteiger partial charge in [0.15, 0.2) is 0 Å². The lowest BCUT2D eigenvalue weighted by Crippen LogP contribution is -2.29. The molecule has 9 heteroatoms. The highest BCUT2D eigenvalue weighted by Crippen LogP contribution is 2.35. The maximum atomic E-state index is 12.8. The maximum absolute atomic E-state index is 12.8. The number of halogens is 1. The maximum Gasteiger partial charge on any atom is 0.303 e. The van der Waals surface area contributed by atoms with E-state index in [9.17, 15) is 9.59 Å². The van der Waals surface area contributed by atoms with Gasteiger partial charge in [-0.25, -0.2) is 4.98 Å². The fraction of sp³-hybridized carbons (Fsp3) is 0.143. The second kappa shape index (κ2) is 8.59. The summed E-state index contributed by atoms with van der Waals surface area (Å²) in [6, 6.07) is 13.2. The number of pyridine rings is 1. The van der Waals surface area contributed by atoms with E-state index in [2.05, 4.69) is 0 Å². The van der Waals surface area contributed by atoms with Crippen molar-refractivity contribution in [2.45, 2.75) is 12.8 Å². The Morgan fingerprint density at radius 3 is 2.77 bits per heavy atom. The molecule has 1 aromatic carbocycles. The van der Waals surface area contributed by atoms with Gasteiger partial charge in [-0.3, -0.25) is 18.9 Å². The van der Waals surface area contributed by atoms with E-state index < -0.39 is 5.97 Å². The van der Waals surface area contributed by atoms with E-state index >= 15 is 0 Å². The SMILES string of the molecule is O=C(O)CCCN1C(=O)C(=Cc2nc(-c3ccccc3Cl)n3ccccc23)SC1=S. The van der Waals surface area contributed by atoms with Gasteiger partial charge in [-0.1, -0.05) is 53.8 Å². The molecule has 1 aliphatic rings. The van der Waals surface area contributed by atoms with E-state index in [1.165, 1.54) is 16.7 Å². The molecule has 1 saturated heterocycles. The number of hydrogen-bond donors (Lipinski definition) is 1. The van der Waals surface area contributed by atoms with Gasteiger partial charge in [-0.2, -0.15) is 0 Å². The molecule has 0 bridgehead atoms. The summed E-state index contributed by atoms with van der Waals surface area (Å²) in [5.41, 5.74) is 2.27. The number of benzene rings is 1. The van der Waals surface area contributed by atoms with Crippen molar-refractivity contribution in [1.82, 2.24) is 14.3 Å². The lowest BCUT2D eigenvalue weighted by atomic mass is 10.2. The molecule has 6 nitrogen and oxygen atoms in total. The summed E-state index contributed by atoms with van der Waals surface area (Å²) in [7, 11) is 0. The van der Waals surface area contributed by atoms with Gasteiger partial charge in [0.1, 0.15) is 10.1 Å². The van der Waals surface area contributed by atoms with Crippen molar-refractivity contribution in [2.75, 3.05) is 6.54 Å². The number of carbonyl (C=O) groups is 2. The lowest BCUT2D eigenvalue weighted by Gasteiger charge is -2.13. The molecule has 3 aromatic rings. The lowest BCUT2D eigenvalue weighted by molar-refractivity contribution is -0.137. The third-order valence-electron chi connectivity index (χ3n) is 4.61. The topological polar surface area (TPSA) is 74.9 Å². The molecule has 1 fully saturated rings. The van der Waals surface area contributed by atoms with Crippen LogP contribution in [0.2, 0.25) is 5.02 Å². The van der Waals surface area contributed by atoms with E-state index in [4.69, 9.17) is 33.9 Å². The number of rotatable bonds is 6. The third kappa shape index (κ3) is 3.98. The van der Waals surface area contributed by atoms with Gasteiger partial charge in [-0.15, -0.1) is 0 Å². The zero-order chi connectivity index (χ0) is 21.3. The van der Waals surface area contributed by atoms with E-state index in [0.29, 0.717) is 32.2 Å². The molecule has 0 unspecified atom stereocenters. The molecule has 1 N–H and O–H groups in total. The van der Waals surface area contributed by atoms with Crippen molar-refractivity contribution in [3.63, 3.8) is 0 Å². The average Bonchev–Trinajstić information content (AvgIpc) is 3.21. The number of aliphatic carboxylic acids is 1. The number of thioether (sulfide) groups is 1. The van der Waals surface area contributed by atoms with Crippen molar-refractivity contribution in [3.8, 4) is 11.4 Å². The van der Waals surface area contributed by atoms with Crippen LogP contribution in [0.1, 0.15) is 18.5 Å². The predicted molar refractivity (Wildman–Crippen MR) is 122 cm³/mol. The summed E-state index contributed by atoms with van der Waals surface area (Å²) in [5.74, 6) is -0.446. The van der Waals surface area contributed by atoms with Crippen LogP contribution in [0, 0.1) is 0 Å². The Morgan fingerprint density at radius 1 is 1.23 bits per heavy atom. The van der Waals surface area contributed by atoms with Crippen molar-refractivity contribution in [3.05, 3.63) is 64.3 Å². The number of amides is 1. The van der Waals surface area contributed by atoms with E-state index in [0.717, 1.165) is 11.1 Å². The van der Waals surface area contributed by atoms with Crippen LogP contribution in [-0.4, -0.2) is 42.1 Å². The number of thiocarbonyl (C=S) groups is 1. The average molecular weight is 458 g/mol. The second-order valence-corrected chi connectivity index (χ2v) is 8.67. The number of carbonyl (C=O) groups excluding carboxylic acids is 1. The highest BCUT2D eigenvalue weighted by Gasteiger charge is 2.32. The Morgan fingerprint density at radius 2 is 2.00 bits per heavy atom. The Bertz CT molecular complexity index is 1210. The standard InChI is InChI=1S/C21H16ClN3O3S2/c22-14-7-2-1-6-13(14)19-23-15(16-8-3-4-10-24(16)19)12-17-20(28)25(21(29)30-17)11-5-9-18(26)27/h1-4,6-8,10,12H,5,9,11H2,(H,26,27). The van der Waals surface area contributed by atoms with Crippen LogP contribution in [0.25, 0.3) is 23.0 Å². The smallest absolute Gasteiger partial charge is 0.303 e. The zero-order valence-electron chi connectivity index (χ0n) is 15.6. The number of carboxylic acids is 1. The first kappa shape index (κ1) is 20.6. The predicted octanol–water partition coefficient (Wildman–Crippen LogP) is 4.72. The monoisotopic (exact) mass is 457 g/mol. The van der Waals surface area contributed by atoms with Gasteiger partial charge in [-0.05, 0) is 36.8 Å². The number of aromatic nitrogens is 2. The van der Waals surface area contributed by atoms with Gasteiger partial charge in [0.2, 0.25) is 0 Å². The van der Waals surface area contributed by atoms with Gasteiger partial charge in [0.25, 0.3) is 5.91 Å². The molecule has 0 atom stereocenters. The number of nitrogens with zero attached hydrogens (tertiary/aromatic N) is 3. The van der Waals surface area contributed by atoms with Crippen LogP contribution in [0.4, 0.5) is 0 Å². The second-order valence-electron chi connectivity index (χ2n) is 6.59. The van der Waals surface area contributed by atoms with Crippen LogP contribution >= 0.6 is 35.6 Å². The van der Waals surface area contributed by atoms with Gasteiger partial charge in [0, 0.05) is 24.7 Å². The molecule has 0 spiro atoms. The molecule has 3 heterocycles. The summed E-state index contributed by atoms with van der Waals surface area (Å²) in [4.78, 5) is 30.2. The summed E-state index contributed by atoms with van der Waals surface area (Å²) < 4.78 is 2.35. The van der Waals surface area contributed by atoms with E-state index in [1.54, 1.807) is 6.08 Å². The molecule has 30 heavy (non-hydrogen) atoms. The van der Waals surface area contributed by atoms with Crippen molar-refractivity contribution >= 4 is 63.4 Å². The largest absolute Gasteiger partial charge is 0.481 e. The normalized spacial score (nSPS) is 15.5. The first-order valence-corrected chi connectivity index (χ1v) is 10.7. The number of hydrogen-bond acceptors (Lipinski definition) is 5. The zero-order valence-corrected chi connectivity index (χ0v) is 18.0. The van der Waals surface area contributed by atoms with Gasteiger partial charge < -0.3 is 5.11 Å². The molecular weight excluding hydrogens is 442 g/mol. The summed E-state index contributed by atoms with van der Waals surface area (Å²) >= 11 is 12.9. The highest BCUT2D eigenvalue weighted by molar-refractivity contribution is 8.26. The fourth-order valence-electron chi connectivity index (χ4n) is 3.21. The minimum absolute atomic E-state index is 0.0109. The Balaban J connectivity index is 1.70. The molecule has 4 rings (SSSR count). The molecule has 1 amide bonds. The fourth-order valence-corrected chi connectivity index (χ4v) is 4.71. The molecule has 0 radical (unpaired) electrons. The van der Waals surface area contributed by atoms with E-state index in [1.807, 2.05) is 53.1 Å². The minimum Gasteiger partial charge on any atom is -0.481 e. The molecular formula is C21H16ClN3O3S2. The molecule has 0 saturated carbocycles. The van der Waals surface area contributed by atoms with Crippen molar-refractivity contribution in [2.24, 2.45) is 0 Å². The van der Waals surface area contributed by atoms with Gasteiger partial charge in [0.05, 0.1) is 21.1 Å². The Kier molecular flexibility index (Phi) is 5.90. The number of imidazole rings is 1. The quantitative estimate of drug-likeness (QED) is 0.426. The van der Waals surface area contributed by atoms with Crippen LogP contribution in [-0.2, 0) is 9.59 Å². The van der Waals surface area contributed by atoms with Crippen LogP contribution < -0.4 is 0 Å². The number of fused-ring (bicyclic) bond motifs is 1. The highest BCUT2D eigenvalue weighted by atomic mass is 35.5. The first-order valence-electron chi connectivity index (χ1n) is 9.15. The molecule has 1 aliphatic heterocycles. The van der Waals surface area contributed by atoms with Crippen LogP contribution in [0.15, 0.2) is 53.6 Å². The molecule has 2 aromatic heterocycles. The van der Waals surface area contributed by atoms with Crippen LogP contribution in [0.5, 0.6) is 0 Å². The Hall–Kier alpha value is -2.68. The molecule has 0 aliphatic carbocycles. The third-order valence-corrected chi connectivity index (χ3v) is 6.31. The summed E-state index contributed by atoms with van der Waals surface area (Å²) in [6.07, 6.45) is 3.96. The van der Waals surface area contributed by atoms with Crippen molar-refractivity contribution in [1.29, 1.82) is 0 Å². The first-order chi connectivity index (χ1) is 14.5.